The number of piperidine rings is 1. The molecule has 114 valence electrons. The molecule has 1 saturated carbocycles. The number of hydrogen-bond donors (Lipinski definition) is 0. The van der Waals surface area contributed by atoms with E-state index >= 15 is 0 Å². The molecule has 3 atom stereocenters. The lowest BCUT2D eigenvalue weighted by Gasteiger charge is -2.32. The fourth-order valence-corrected chi connectivity index (χ4v) is 3.55. The van der Waals surface area contributed by atoms with Crippen molar-refractivity contribution in [2.75, 3.05) is 13.1 Å². The van der Waals surface area contributed by atoms with Crippen LogP contribution in [0.25, 0.3) is 0 Å². The Morgan fingerprint density at radius 1 is 1.23 bits per heavy atom. The van der Waals surface area contributed by atoms with Gasteiger partial charge in [0.2, 0.25) is 5.91 Å². The van der Waals surface area contributed by atoms with Gasteiger partial charge in [0.05, 0.1) is 6.04 Å². The van der Waals surface area contributed by atoms with Gasteiger partial charge in [-0.3, -0.25) is 4.79 Å². The number of carbonyl (C=O) groups excluding carboxylic acids is 1. The van der Waals surface area contributed by atoms with Gasteiger partial charge in [0, 0.05) is 19.0 Å². The molecule has 2 aliphatic rings. The van der Waals surface area contributed by atoms with Crippen molar-refractivity contribution in [3.63, 3.8) is 0 Å². The molecular weight excluding hydrogens is 276 g/mol. The van der Waals surface area contributed by atoms with Gasteiger partial charge >= 0.3 is 0 Å². The second kappa shape index (κ2) is 5.55. The third kappa shape index (κ3) is 2.51. The molecule has 5 nitrogen and oxygen atoms in total. The maximum Gasteiger partial charge on any atom is 0.226 e. The Hall–Kier alpha value is -2.17. The van der Waals surface area contributed by atoms with Gasteiger partial charge in [-0.15, -0.1) is 0 Å². The van der Waals surface area contributed by atoms with E-state index in [0.717, 1.165) is 32.4 Å². The second-order valence-electron chi connectivity index (χ2n) is 6.32. The SMILES string of the molecule is O=C([C@@H]1C[C@@H]1c1ccccc1)N1CCC[C@@H](n2cncn2)C1. The number of carbonyl (C=O) groups is 1. The molecule has 0 radical (unpaired) electrons. The minimum absolute atomic E-state index is 0.178. The molecule has 1 aliphatic carbocycles. The molecule has 5 heteroatoms. The predicted octanol–water partition coefficient (Wildman–Crippen LogP) is 2.25. The van der Waals surface area contributed by atoms with E-state index in [2.05, 4.69) is 34.3 Å². The van der Waals surface area contributed by atoms with Crippen LogP contribution in [0.2, 0.25) is 0 Å². The van der Waals surface area contributed by atoms with E-state index in [1.165, 1.54) is 5.56 Å². The monoisotopic (exact) mass is 296 g/mol. The molecule has 0 spiro atoms. The van der Waals surface area contributed by atoms with Gasteiger partial charge in [-0.05, 0) is 30.7 Å². The van der Waals surface area contributed by atoms with Crippen molar-refractivity contribution in [1.82, 2.24) is 19.7 Å². The quantitative estimate of drug-likeness (QED) is 0.873. The lowest BCUT2D eigenvalue weighted by molar-refractivity contribution is -0.134. The van der Waals surface area contributed by atoms with E-state index in [1.54, 1.807) is 12.7 Å². The van der Waals surface area contributed by atoms with E-state index in [4.69, 9.17) is 0 Å². The smallest absolute Gasteiger partial charge is 0.226 e. The lowest BCUT2D eigenvalue weighted by atomic mass is 10.0. The molecule has 0 bridgehead atoms. The zero-order valence-electron chi connectivity index (χ0n) is 12.5. The van der Waals surface area contributed by atoms with E-state index in [-0.39, 0.29) is 12.0 Å². The number of aromatic nitrogens is 3. The molecule has 1 amide bonds. The van der Waals surface area contributed by atoms with Crippen LogP contribution in [0.3, 0.4) is 0 Å². The van der Waals surface area contributed by atoms with Crippen LogP contribution in [-0.2, 0) is 4.79 Å². The average Bonchev–Trinajstić information content (AvgIpc) is 3.19. The summed E-state index contributed by atoms with van der Waals surface area (Å²) in [5.41, 5.74) is 1.30. The lowest BCUT2D eigenvalue weighted by Crippen LogP contribution is -2.41. The van der Waals surface area contributed by atoms with Crippen molar-refractivity contribution in [3.8, 4) is 0 Å². The average molecular weight is 296 g/mol. The summed E-state index contributed by atoms with van der Waals surface area (Å²) in [5.74, 6) is 0.913. The van der Waals surface area contributed by atoms with Gasteiger partial charge in [0.25, 0.3) is 0 Å². The van der Waals surface area contributed by atoms with Crippen LogP contribution in [0.5, 0.6) is 0 Å². The second-order valence-corrected chi connectivity index (χ2v) is 6.32. The zero-order chi connectivity index (χ0) is 14.9. The zero-order valence-corrected chi connectivity index (χ0v) is 12.5. The largest absolute Gasteiger partial charge is 0.340 e. The fourth-order valence-electron chi connectivity index (χ4n) is 3.55. The maximum absolute atomic E-state index is 12.7. The van der Waals surface area contributed by atoms with E-state index in [9.17, 15) is 4.79 Å². The van der Waals surface area contributed by atoms with E-state index < -0.39 is 0 Å². The first-order valence-electron chi connectivity index (χ1n) is 8.01. The number of likely N-dealkylation sites (tertiary alicyclic amines) is 1. The summed E-state index contributed by atoms with van der Waals surface area (Å²) in [6, 6.07) is 10.7. The summed E-state index contributed by atoms with van der Waals surface area (Å²) in [6.07, 6.45) is 6.42. The highest BCUT2D eigenvalue weighted by Gasteiger charge is 2.46. The molecule has 2 aromatic rings. The first kappa shape index (κ1) is 13.5. The molecule has 4 rings (SSSR count). The number of nitrogens with zero attached hydrogens (tertiary/aromatic N) is 4. The topological polar surface area (TPSA) is 51.0 Å². The Balaban J connectivity index is 1.41. The highest BCUT2D eigenvalue weighted by Crippen LogP contribution is 2.48. The summed E-state index contributed by atoms with van der Waals surface area (Å²) < 4.78 is 1.89. The van der Waals surface area contributed by atoms with Crippen LogP contribution in [0.15, 0.2) is 43.0 Å². The van der Waals surface area contributed by atoms with Crippen molar-refractivity contribution in [1.29, 1.82) is 0 Å². The van der Waals surface area contributed by atoms with Gasteiger partial charge in [-0.1, -0.05) is 30.3 Å². The number of hydrogen-bond acceptors (Lipinski definition) is 3. The Labute approximate surface area is 130 Å². The van der Waals surface area contributed by atoms with Crippen molar-refractivity contribution in [3.05, 3.63) is 48.5 Å². The highest BCUT2D eigenvalue weighted by atomic mass is 16.2. The summed E-state index contributed by atoms with van der Waals surface area (Å²) in [5, 5.41) is 4.22. The molecule has 2 heterocycles. The minimum Gasteiger partial charge on any atom is -0.340 e. The maximum atomic E-state index is 12.7. The first-order valence-corrected chi connectivity index (χ1v) is 8.01. The van der Waals surface area contributed by atoms with Gasteiger partial charge in [-0.25, -0.2) is 9.67 Å². The first-order chi connectivity index (χ1) is 10.8. The van der Waals surface area contributed by atoms with Gasteiger partial charge in [-0.2, -0.15) is 5.10 Å². The standard InChI is InChI=1S/C17H20N4O/c22-17(16-9-15(16)13-5-2-1-3-6-13)20-8-4-7-14(10-20)21-12-18-11-19-21/h1-3,5-6,11-12,14-16H,4,7-10H2/t14-,15-,16-/m1/s1. The van der Waals surface area contributed by atoms with Gasteiger partial charge in [0.1, 0.15) is 12.7 Å². The normalized spacial score (nSPS) is 27.6. The van der Waals surface area contributed by atoms with Crippen LogP contribution in [0, 0.1) is 5.92 Å². The van der Waals surface area contributed by atoms with Crippen LogP contribution >= 0.6 is 0 Å². The molecule has 2 fully saturated rings. The Morgan fingerprint density at radius 3 is 2.86 bits per heavy atom. The molecule has 1 aliphatic heterocycles. The molecule has 1 aromatic heterocycles. The number of benzene rings is 1. The number of amides is 1. The van der Waals surface area contributed by atoms with E-state index in [0.29, 0.717) is 11.8 Å². The molecule has 0 unspecified atom stereocenters. The number of rotatable bonds is 3. The van der Waals surface area contributed by atoms with Crippen molar-refractivity contribution >= 4 is 5.91 Å². The molecule has 0 N–H and O–H groups in total. The Kier molecular flexibility index (Phi) is 3.41. The fraction of sp³-hybridized carbons (Fsp3) is 0.471. The summed E-state index contributed by atoms with van der Waals surface area (Å²) in [4.78, 5) is 18.8. The van der Waals surface area contributed by atoms with Crippen LogP contribution in [-0.4, -0.2) is 38.7 Å². The third-order valence-corrected chi connectivity index (χ3v) is 4.85. The van der Waals surface area contributed by atoms with Crippen molar-refractivity contribution in [2.24, 2.45) is 5.92 Å². The highest BCUT2D eigenvalue weighted by molar-refractivity contribution is 5.83. The van der Waals surface area contributed by atoms with E-state index in [1.807, 2.05) is 15.6 Å². The Bertz CT molecular complexity index is 640. The van der Waals surface area contributed by atoms with Crippen molar-refractivity contribution in [2.45, 2.75) is 31.2 Å². The van der Waals surface area contributed by atoms with Gasteiger partial charge in [0.15, 0.2) is 0 Å². The minimum atomic E-state index is 0.178. The molecular formula is C17H20N4O. The Morgan fingerprint density at radius 2 is 2.09 bits per heavy atom. The third-order valence-electron chi connectivity index (χ3n) is 4.85. The summed E-state index contributed by atoms with van der Waals surface area (Å²) in [7, 11) is 0. The predicted molar refractivity (Wildman–Crippen MR) is 82.2 cm³/mol. The molecule has 1 aromatic carbocycles. The van der Waals surface area contributed by atoms with Crippen LogP contribution < -0.4 is 0 Å². The van der Waals surface area contributed by atoms with Crippen molar-refractivity contribution < 1.29 is 4.79 Å². The molecule has 1 saturated heterocycles. The summed E-state index contributed by atoms with van der Waals surface area (Å²) in [6.45, 7) is 1.64. The molecule has 22 heavy (non-hydrogen) atoms. The summed E-state index contributed by atoms with van der Waals surface area (Å²) >= 11 is 0. The van der Waals surface area contributed by atoms with Crippen LogP contribution in [0.1, 0.15) is 36.8 Å². The van der Waals surface area contributed by atoms with Crippen LogP contribution in [0.4, 0.5) is 0 Å². The van der Waals surface area contributed by atoms with Gasteiger partial charge < -0.3 is 4.90 Å².